The molecule has 6 heteroatoms. The fourth-order valence-corrected chi connectivity index (χ4v) is 3.15. The SMILES string of the molecule is CC(C)c1cc2cc(Br)ccc2nc1NCC(=O)Nc1ccc(Cl)cc1. The van der Waals surface area contributed by atoms with Crippen LogP contribution in [-0.2, 0) is 4.79 Å². The topological polar surface area (TPSA) is 54.0 Å². The first kappa shape index (κ1) is 18.7. The van der Waals surface area contributed by atoms with Crippen molar-refractivity contribution in [2.45, 2.75) is 19.8 Å². The maximum absolute atomic E-state index is 12.2. The first-order valence-electron chi connectivity index (χ1n) is 8.32. The third-order valence-electron chi connectivity index (χ3n) is 3.97. The number of aromatic nitrogens is 1. The fraction of sp³-hybridized carbons (Fsp3) is 0.200. The van der Waals surface area contributed by atoms with Crippen molar-refractivity contribution in [3.05, 3.63) is 63.6 Å². The Labute approximate surface area is 166 Å². The number of hydrogen-bond donors (Lipinski definition) is 2. The van der Waals surface area contributed by atoms with Crippen molar-refractivity contribution in [1.82, 2.24) is 4.98 Å². The first-order chi connectivity index (χ1) is 12.4. The van der Waals surface area contributed by atoms with Crippen molar-refractivity contribution in [3.63, 3.8) is 0 Å². The summed E-state index contributed by atoms with van der Waals surface area (Å²) in [6.45, 7) is 4.36. The van der Waals surface area contributed by atoms with E-state index in [0.29, 0.717) is 10.7 Å². The van der Waals surface area contributed by atoms with Crippen LogP contribution in [0.4, 0.5) is 11.5 Å². The molecular formula is C20H19BrClN3O. The summed E-state index contributed by atoms with van der Waals surface area (Å²) in [5.41, 5.74) is 2.68. The number of anilines is 2. The molecule has 4 nitrogen and oxygen atoms in total. The van der Waals surface area contributed by atoms with E-state index in [9.17, 15) is 4.79 Å². The monoisotopic (exact) mass is 431 g/mol. The normalized spacial score (nSPS) is 11.0. The largest absolute Gasteiger partial charge is 0.361 e. The van der Waals surface area contributed by atoms with Gasteiger partial charge in [-0.15, -0.1) is 0 Å². The van der Waals surface area contributed by atoms with E-state index in [1.54, 1.807) is 24.3 Å². The van der Waals surface area contributed by atoms with Gasteiger partial charge in [-0.1, -0.05) is 41.4 Å². The summed E-state index contributed by atoms with van der Waals surface area (Å²) in [5.74, 6) is 0.883. The summed E-state index contributed by atoms with van der Waals surface area (Å²) in [6, 6.07) is 15.1. The summed E-state index contributed by atoms with van der Waals surface area (Å²) in [4.78, 5) is 16.9. The van der Waals surface area contributed by atoms with Gasteiger partial charge in [-0.05, 0) is 60.0 Å². The van der Waals surface area contributed by atoms with Gasteiger partial charge < -0.3 is 10.6 Å². The van der Waals surface area contributed by atoms with Gasteiger partial charge in [0.1, 0.15) is 5.82 Å². The molecule has 2 aromatic carbocycles. The van der Waals surface area contributed by atoms with Gasteiger partial charge in [0.2, 0.25) is 5.91 Å². The molecule has 2 N–H and O–H groups in total. The highest BCUT2D eigenvalue weighted by molar-refractivity contribution is 9.10. The number of rotatable bonds is 5. The zero-order valence-corrected chi connectivity index (χ0v) is 16.9. The van der Waals surface area contributed by atoms with Crippen molar-refractivity contribution in [3.8, 4) is 0 Å². The van der Waals surface area contributed by atoms with Crippen molar-refractivity contribution in [1.29, 1.82) is 0 Å². The standard InChI is InChI=1S/C20H19BrClN3O/c1-12(2)17-10-13-9-14(21)3-8-18(13)25-20(17)23-11-19(26)24-16-6-4-15(22)5-7-16/h3-10,12H,11H2,1-2H3,(H,23,25)(H,24,26). The van der Waals surface area contributed by atoms with Crippen LogP contribution in [0.2, 0.25) is 5.02 Å². The number of carbonyl (C=O) groups is 1. The number of nitrogens with zero attached hydrogens (tertiary/aromatic N) is 1. The average Bonchev–Trinajstić information content (AvgIpc) is 2.61. The van der Waals surface area contributed by atoms with E-state index in [0.717, 1.165) is 26.8 Å². The third kappa shape index (κ3) is 4.54. The second-order valence-electron chi connectivity index (χ2n) is 6.33. The predicted molar refractivity (Wildman–Crippen MR) is 112 cm³/mol. The number of pyridine rings is 1. The lowest BCUT2D eigenvalue weighted by Gasteiger charge is -2.15. The lowest BCUT2D eigenvalue weighted by Crippen LogP contribution is -2.22. The number of benzene rings is 2. The maximum Gasteiger partial charge on any atom is 0.243 e. The molecule has 134 valence electrons. The number of amides is 1. The molecule has 0 atom stereocenters. The Morgan fingerprint density at radius 2 is 1.88 bits per heavy atom. The highest BCUT2D eigenvalue weighted by Gasteiger charge is 2.12. The zero-order chi connectivity index (χ0) is 18.7. The molecule has 26 heavy (non-hydrogen) atoms. The van der Waals surface area contributed by atoms with E-state index in [1.165, 1.54) is 0 Å². The number of halogens is 2. The Kier molecular flexibility index (Phi) is 5.79. The molecule has 0 aliphatic heterocycles. The van der Waals surface area contributed by atoms with Crippen LogP contribution in [-0.4, -0.2) is 17.4 Å². The van der Waals surface area contributed by atoms with Crippen molar-refractivity contribution < 1.29 is 4.79 Å². The summed E-state index contributed by atoms with van der Waals surface area (Å²) in [6.07, 6.45) is 0. The van der Waals surface area contributed by atoms with Crippen LogP contribution in [0.3, 0.4) is 0 Å². The molecule has 3 rings (SSSR count). The summed E-state index contributed by atoms with van der Waals surface area (Å²) in [5, 5.41) is 7.71. The van der Waals surface area contributed by atoms with Crippen LogP contribution < -0.4 is 10.6 Å². The van der Waals surface area contributed by atoms with Crippen LogP contribution in [0.1, 0.15) is 25.3 Å². The summed E-state index contributed by atoms with van der Waals surface area (Å²) in [7, 11) is 0. The lowest BCUT2D eigenvalue weighted by atomic mass is 10.0. The van der Waals surface area contributed by atoms with E-state index < -0.39 is 0 Å². The molecule has 0 saturated carbocycles. The molecule has 1 aromatic heterocycles. The Morgan fingerprint density at radius 3 is 2.58 bits per heavy atom. The second-order valence-corrected chi connectivity index (χ2v) is 7.68. The Morgan fingerprint density at radius 1 is 1.15 bits per heavy atom. The Balaban J connectivity index is 1.76. The Hall–Kier alpha value is -2.11. The van der Waals surface area contributed by atoms with Crippen LogP contribution in [0.5, 0.6) is 0 Å². The molecule has 0 aliphatic carbocycles. The smallest absolute Gasteiger partial charge is 0.243 e. The maximum atomic E-state index is 12.2. The minimum absolute atomic E-state index is 0.136. The quantitative estimate of drug-likeness (QED) is 0.534. The molecule has 3 aromatic rings. The average molecular weight is 433 g/mol. The molecular weight excluding hydrogens is 414 g/mol. The van der Waals surface area contributed by atoms with Crippen molar-refractivity contribution in [2.75, 3.05) is 17.2 Å². The predicted octanol–water partition coefficient (Wildman–Crippen LogP) is 5.82. The number of hydrogen-bond acceptors (Lipinski definition) is 3. The highest BCUT2D eigenvalue weighted by Crippen LogP contribution is 2.28. The minimum atomic E-state index is -0.139. The van der Waals surface area contributed by atoms with E-state index in [2.05, 4.69) is 46.5 Å². The van der Waals surface area contributed by atoms with Gasteiger partial charge in [0, 0.05) is 20.6 Å². The molecule has 1 heterocycles. The molecule has 0 fully saturated rings. The molecule has 0 spiro atoms. The van der Waals surface area contributed by atoms with E-state index in [-0.39, 0.29) is 18.4 Å². The summed E-state index contributed by atoms with van der Waals surface area (Å²) >= 11 is 9.35. The lowest BCUT2D eigenvalue weighted by molar-refractivity contribution is -0.114. The molecule has 1 amide bonds. The molecule has 0 unspecified atom stereocenters. The third-order valence-corrected chi connectivity index (χ3v) is 4.72. The number of nitrogens with one attached hydrogen (secondary N) is 2. The van der Waals surface area contributed by atoms with Gasteiger partial charge in [0.25, 0.3) is 0 Å². The van der Waals surface area contributed by atoms with E-state index in [1.807, 2.05) is 18.2 Å². The number of fused-ring (bicyclic) bond motifs is 1. The van der Waals surface area contributed by atoms with Gasteiger partial charge in [0.05, 0.1) is 12.1 Å². The second kappa shape index (κ2) is 8.06. The Bertz CT molecular complexity index is 942. The van der Waals surface area contributed by atoms with Crippen LogP contribution in [0, 0.1) is 0 Å². The zero-order valence-electron chi connectivity index (χ0n) is 14.5. The fourth-order valence-electron chi connectivity index (χ4n) is 2.65. The molecule has 0 radical (unpaired) electrons. The van der Waals surface area contributed by atoms with Crippen molar-refractivity contribution >= 4 is 55.8 Å². The van der Waals surface area contributed by atoms with Crippen molar-refractivity contribution in [2.24, 2.45) is 0 Å². The molecule has 0 saturated heterocycles. The van der Waals surface area contributed by atoms with E-state index in [4.69, 9.17) is 16.6 Å². The van der Waals surface area contributed by atoms with Gasteiger partial charge in [-0.25, -0.2) is 4.98 Å². The van der Waals surface area contributed by atoms with Crippen LogP contribution in [0.15, 0.2) is 53.0 Å². The van der Waals surface area contributed by atoms with Gasteiger partial charge in [0.15, 0.2) is 0 Å². The number of carbonyl (C=O) groups excluding carboxylic acids is 1. The van der Waals surface area contributed by atoms with Crippen LogP contribution in [0.25, 0.3) is 10.9 Å². The minimum Gasteiger partial charge on any atom is -0.361 e. The van der Waals surface area contributed by atoms with Crippen LogP contribution >= 0.6 is 27.5 Å². The molecule has 0 bridgehead atoms. The van der Waals surface area contributed by atoms with Gasteiger partial charge in [-0.2, -0.15) is 0 Å². The molecule has 0 aliphatic rings. The summed E-state index contributed by atoms with van der Waals surface area (Å²) < 4.78 is 1.02. The van der Waals surface area contributed by atoms with Gasteiger partial charge >= 0.3 is 0 Å². The van der Waals surface area contributed by atoms with Gasteiger partial charge in [-0.3, -0.25) is 4.79 Å². The first-order valence-corrected chi connectivity index (χ1v) is 9.49. The highest BCUT2D eigenvalue weighted by atomic mass is 79.9. The van der Waals surface area contributed by atoms with E-state index >= 15 is 0 Å².